The lowest BCUT2D eigenvalue weighted by atomic mass is 10.0. The van der Waals surface area contributed by atoms with Crippen molar-refractivity contribution >= 4 is 0 Å². The van der Waals surface area contributed by atoms with Crippen LogP contribution in [0.25, 0.3) is 0 Å². The number of hydrogen-bond acceptors (Lipinski definition) is 4. The summed E-state index contributed by atoms with van der Waals surface area (Å²) in [5, 5.41) is 8.72. The van der Waals surface area contributed by atoms with Crippen LogP contribution in [0.1, 0.15) is 18.6 Å². The summed E-state index contributed by atoms with van der Waals surface area (Å²) in [5.74, 6) is 1.02. The highest BCUT2D eigenvalue weighted by atomic mass is 16.3. The molecule has 0 amide bonds. The van der Waals surface area contributed by atoms with Crippen molar-refractivity contribution in [2.75, 3.05) is 26.7 Å². The predicted molar refractivity (Wildman–Crippen MR) is 65.3 cm³/mol. The molecule has 1 aromatic rings. The molecule has 1 aliphatic heterocycles. The Morgan fingerprint density at radius 2 is 2.53 bits per heavy atom. The summed E-state index contributed by atoms with van der Waals surface area (Å²) < 4.78 is 5.37. The lowest BCUT2D eigenvalue weighted by Crippen LogP contribution is -2.46. The molecule has 1 aromatic heterocycles. The maximum atomic E-state index is 8.72. The topological polar surface area (TPSA) is 43.4 Å². The third-order valence-electron chi connectivity index (χ3n) is 3.38. The number of nitrogens with zero attached hydrogens (tertiary/aromatic N) is 3. The number of likely N-dealkylation sites (N-methyl/N-ethyl adjacent to an activating group) is 1. The van der Waals surface area contributed by atoms with Gasteiger partial charge in [0.1, 0.15) is 5.76 Å². The second-order valence-corrected chi connectivity index (χ2v) is 4.68. The van der Waals surface area contributed by atoms with E-state index in [1.807, 2.05) is 19.2 Å². The Bertz CT molecular complexity index is 369. The van der Waals surface area contributed by atoms with Gasteiger partial charge in [-0.15, -0.1) is 0 Å². The molecular formula is C13H19N3O. The lowest BCUT2D eigenvalue weighted by Gasteiger charge is -2.36. The van der Waals surface area contributed by atoms with Crippen molar-refractivity contribution < 1.29 is 4.42 Å². The van der Waals surface area contributed by atoms with E-state index in [2.05, 4.69) is 15.9 Å². The van der Waals surface area contributed by atoms with Crippen molar-refractivity contribution in [1.82, 2.24) is 9.80 Å². The first-order valence-corrected chi connectivity index (χ1v) is 6.11. The van der Waals surface area contributed by atoms with Crippen LogP contribution >= 0.6 is 0 Å². The molecule has 1 aliphatic rings. The standard InChI is InChI=1S/C13H19N3O/c1-15(8-6-14)12-4-2-7-16(10-12)11-13-5-3-9-17-13/h3,5,9,12H,2,4,7-8,10-11H2,1H3. The normalized spacial score (nSPS) is 21.6. The van der Waals surface area contributed by atoms with Gasteiger partial charge in [0, 0.05) is 12.6 Å². The second kappa shape index (κ2) is 5.85. The molecule has 0 bridgehead atoms. The van der Waals surface area contributed by atoms with E-state index < -0.39 is 0 Å². The molecule has 4 heteroatoms. The van der Waals surface area contributed by atoms with Crippen LogP contribution in [0.15, 0.2) is 22.8 Å². The van der Waals surface area contributed by atoms with Gasteiger partial charge in [0.2, 0.25) is 0 Å². The zero-order valence-electron chi connectivity index (χ0n) is 10.3. The third kappa shape index (κ3) is 3.32. The van der Waals surface area contributed by atoms with Gasteiger partial charge in [-0.05, 0) is 38.6 Å². The summed E-state index contributed by atoms with van der Waals surface area (Å²) in [4.78, 5) is 4.55. The highest BCUT2D eigenvalue weighted by Crippen LogP contribution is 2.17. The van der Waals surface area contributed by atoms with Gasteiger partial charge in [-0.25, -0.2) is 0 Å². The maximum absolute atomic E-state index is 8.72. The van der Waals surface area contributed by atoms with E-state index in [-0.39, 0.29) is 0 Å². The van der Waals surface area contributed by atoms with Crippen LogP contribution < -0.4 is 0 Å². The Hall–Kier alpha value is -1.31. The van der Waals surface area contributed by atoms with Gasteiger partial charge in [0.15, 0.2) is 0 Å². The Kier molecular flexibility index (Phi) is 4.18. The molecule has 2 heterocycles. The van der Waals surface area contributed by atoms with Crippen molar-refractivity contribution in [3.8, 4) is 6.07 Å². The average molecular weight is 233 g/mol. The number of hydrogen-bond donors (Lipinski definition) is 0. The number of furan rings is 1. The summed E-state index contributed by atoms with van der Waals surface area (Å²) in [6.45, 7) is 3.54. The minimum atomic E-state index is 0.498. The fraction of sp³-hybridized carbons (Fsp3) is 0.615. The minimum absolute atomic E-state index is 0.498. The molecule has 0 N–H and O–H groups in total. The van der Waals surface area contributed by atoms with Crippen LogP contribution in [0.4, 0.5) is 0 Å². The van der Waals surface area contributed by atoms with E-state index in [0.717, 1.165) is 25.4 Å². The molecule has 1 unspecified atom stereocenters. The Morgan fingerprint density at radius 1 is 1.65 bits per heavy atom. The van der Waals surface area contributed by atoms with E-state index in [1.165, 1.54) is 12.8 Å². The molecular weight excluding hydrogens is 214 g/mol. The Labute approximate surface area is 102 Å². The number of piperidine rings is 1. The minimum Gasteiger partial charge on any atom is -0.468 e. The molecule has 0 aromatic carbocycles. The average Bonchev–Trinajstić information content (AvgIpc) is 2.82. The van der Waals surface area contributed by atoms with E-state index in [4.69, 9.17) is 9.68 Å². The summed E-state index contributed by atoms with van der Waals surface area (Å²) >= 11 is 0. The van der Waals surface area contributed by atoms with Gasteiger partial charge in [-0.2, -0.15) is 5.26 Å². The number of likely N-dealkylation sites (tertiary alicyclic amines) is 1. The van der Waals surface area contributed by atoms with E-state index in [9.17, 15) is 0 Å². The summed E-state index contributed by atoms with van der Waals surface area (Å²) in [5.41, 5.74) is 0. The molecule has 17 heavy (non-hydrogen) atoms. The van der Waals surface area contributed by atoms with Crippen LogP contribution in [0.5, 0.6) is 0 Å². The highest BCUT2D eigenvalue weighted by Gasteiger charge is 2.23. The van der Waals surface area contributed by atoms with Crippen molar-refractivity contribution in [3.63, 3.8) is 0 Å². The summed E-state index contributed by atoms with van der Waals surface area (Å²) in [7, 11) is 2.03. The van der Waals surface area contributed by atoms with E-state index >= 15 is 0 Å². The highest BCUT2D eigenvalue weighted by molar-refractivity contribution is 4.98. The zero-order valence-corrected chi connectivity index (χ0v) is 10.3. The fourth-order valence-corrected chi connectivity index (χ4v) is 2.40. The monoisotopic (exact) mass is 233 g/mol. The molecule has 0 saturated carbocycles. The first-order chi connectivity index (χ1) is 8.29. The van der Waals surface area contributed by atoms with Crippen molar-refractivity contribution in [2.45, 2.75) is 25.4 Å². The molecule has 1 fully saturated rings. The summed E-state index contributed by atoms with van der Waals surface area (Å²) in [6, 6.07) is 6.66. The van der Waals surface area contributed by atoms with Gasteiger partial charge >= 0.3 is 0 Å². The lowest BCUT2D eigenvalue weighted by molar-refractivity contribution is 0.114. The molecule has 4 nitrogen and oxygen atoms in total. The molecule has 2 rings (SSSR count). The maximum Gasteiger partial charge on any atom is 0.117 e. The smallest absolute Gasteiger partial charge is 0.117 e. The van der Waals surface area contributed by atoms with Crippen molar-refractivity contribution in [1.29, 1.82) is 5.26 Å². The van der Waals surface area contributed by atoms with Crippen LogP contribution in [-0.2, 0) is 6.54 Å². The molecule has 0 spiro atoms. The first kappa shape index (κ1) is 12.2. The van der Waals surface area contributed by atoms with E-state index in [0.29, 0.717) is 12.6 Å². The predicted octanol–water partition coefficient (Wildman–Crippen LogP) is 1.70. The number of nitriles is 1. The summed E-state index contributed by atoms with van der Waals surface area (Å²) in [6.07, 6.45) is 4.10. The largest absolute Gasteiger partial charge is 0.468 e. The molecule has 0 aliphatic carbocycles. The van der Waals surface area contributed by atoms with Gasteiger partial charge in [0.25, 0.3) is 0 Å². The molecule has 0 radical (unpaired) electrons. The fourth-order valence-electron chi connectivity index (χ4n) is 2.40. The molecule has 1 saturated heterocycles. The first-order valence-electron chi connectivity index (χ1n) is 6.11. The van der Waals surface area contributed by atoms with Crippen LogP contribution in [0, 0.1) is 11.3 Å². The van der Waals surface area contributed by atoms with Gasteiger partial charge in [-0.1, -0.05) is 0 Å². The SMILES string of the molecule is CN(CC#N)C1CCCN(Cc2ccco2)C1. The van der Waals surface area contributed by atoms with Crippen LogP contribution in [0.3, 0.4) is 0 Å². The van der Waals surface area contributed by atoms with Crippen LogP contribution in [0.2, 0.25) is 0 Å². The molecule has 92 valence electrons. The zero-order chi connectivity index (χ0) is 12.1. The van der Waals surface area contributed by atoms with E-state index in [1.54, 1.807) is 6.26 Å². The quantitative estimate of drug-likeness (QED) is 0.742. The van der Waals surface area contributed by atoms with Crippen molar-refractivity contribution in [3.05, 3.63) is 24.2 Å². The van der Waals surface area contributed by atoms with Gasteiger partial charge < -0.3 is 4.42 Å². The Morgan fingerprint density at radius 3 is 3.24 bits per heavy atom. The molecule has 1 atom stereocenters. The van der Waals surface area contributed by atoms with Gasteiger partial charge in [0.05, 0.1) is 25.4 Å². The number of rotatable bonds is 4. The van der Waals surface area contributed by atoms with Gasteiger partial charge in [-0.3, -0.25) is 9.80 Å². The Balaban J connectivity index is 1.86. The third-order valence-corrected chi connectivity index (χ3v) is 3.38. The van der Waals surface area contributed by atoms with Crippen LogP contribution in [-0.4, -0.2) is 42.5 Å². The van der Waals surface area contributed by atoms with Crippen molar-refractivity contribution in [2.24, 2.45) is 0 Å². The second-order valence-electron chi connectivity index (χ2n) is 4.68.